The number of hydrogen-bond acceptors (Lipinski definition) is 7. The van der Waals surface area contributed by atoms with E-state index < -0.39 is 0 Å². The highest BCUT2D eigenvalue weighted by Gasteiger charge is 2.15. The zero-order valence-corrected chi connectivity index (χ0v) is 15.2. The van der Waals surface area contributed by atoms with E-state index in [9.17, 15) is 0 Å². The Balaban J connectivity index is 2.06. The first-order chi connectivity index (χ1) is 11.5. The van der Waals surface area contributed by atoms with Gasteiger partial charge in [-0.2, -0.15) is 0 Å². The van der Waals surface area contributed by atoms with Crippen LogP contribution in [-0.2, 0) is 0 Å². The van der Waals surface area contributed by atoms with E-state index in [-0.39, 0.29) is 6.04 Å². The van der Waals surface area contributed by atoms with E-state index in [0.717, 1.165) is 27.4 Å². The highest BCUT2D eigenvalue weighted by molar-refractivity contribution is 7.09. The van der Waals surface area contributed by atoms with Crippen molar-refractivity contribution in [2.75, 3.05) is 19.5 Å². The zero-order valence-electron chi connectivity index (χ0n) is 14.4. The average molecular weight is 344 g/mol. The first-order valence-electron chi connectivity index (χ1n) is 7.60. The minimum Gasteiger partial charge on any atom is -0.493 e. The fourth-order valence-corrected chi connectivity index (χ4v) is 3.32. The molecule has 0 saturated heterocycles. The molecule has 0 aliphatic rings. The van der Waals surface area contributed by atoms with E-state index >= 15 is 0 Å². The normalized spacial score (nSPS) is 12.2. The highest BCUT2D eigenvalue weighted by Crippen LogP contribution is 2.35. The van der Waals surface area contributed by atoms with Gasteiger partial charge in [-0.05, 0) is 26.8 Å². The molecule has 3 aromatic rings. The Labute approximate surface area is 144 Å². The number of thiazole rings is 1. The molecule has 0 amide bonds. The van der Waals surface area contributed by atoms with Crippen molar-refractivity contribution in [1.82, 2.24) is 15.0 Å². The second-order valence-corrected chi connectivity index (χ2v) is 6.43. The SMILES string of the molecule is COc1cc2nc(C)nc(NC(C)c3nc(C)cs3)c2cc1OC. The molecule has 7 heteroatoms. The largest absolute Gasteiger partial charge is 0.493 e. The zero-order chi connectivity index (χ0) is 17.3. The molecule has 0 aliphatic carbocycles. The van der Waals surface area contributed by atoms with Crippen molar-refractivity contribution in [2.24, 2.45) is 0 Å². The molecule has 1 aromatic carbocycles. The van der Waals surface area contributed by atoms with Crippen molar-refractivity contribution in [3.8, 4) is 11.5 Å². The molecule has 0 aliphatic heterocycles. The third-order valence-corrected chi connectivity index (χ3v) is 4.82. The number of fused-ring (bicyclic) bond motifs is 1. The van der Waals surface area contributed by atoms with Gasteiger partial charge in [0, 0.05) is 22.5 Å². The standard InChI is InChI=1S/C17H20N4O2S/c1-9-8-24-17(18-9)10(2)19-16-12-6-14(22-4)15(23-5)7-13(12)20-11(3)21-16/h6-8,10H,1-5H3,(H,19,20,21). The molecule has 6 nitrogen and oxygen atoms in total. The van der Waals surface area contributed by atoms with Crippen molar-refractivity contribution in [3.63, 3.8) is 0 Å². The van der Waals surface area contributed by atoms with Gasteiger partial charge in [-0.15, -0.1) is 11.3 Å². The summed E-state index contributed by atoms with van der Waals surface area (Å²) in [7, 11) is 3.23. The molecule has 1 atom stereocenters. The van der Waals surface area contributed by atoms with Crippen LogP contribution in [0.4, 0.5) is 5.82 Å². The fourth-order valence-electron chi connectivity index (χ4n) is 2.52. The van der Waals surface area contributed by atoms with Gasteiger partial charge in [-0.3, -0.25) is 0 Å². The molecule has 0 fully saturated rings. The van der Waals surface area contributed by atoms with E-state index in [4.69, 9.17) is 9.47 Å². The molecule has 1 N–H and O–H groups in total. The number of methoxy groups -OCH3 is 2. The van der Waals surface area contributed by atoms with Gasteiger partial charge in [0.2, 0.25) is 0 Å². The quantitative estimate of drug-likeness (QED) is 0.757. The maximum Gasteiger partial charge on any atom is 0.162 e. The number of nitrogens with zero attached hydrogens (tertiary/aromatic N) is 3. The van der Waals surface area contributed by atoms with E-state index in [1.54, 1.807) is 25.6 Å². The Kier molecular flexibility index (Phi) is 4.53. The second kappa shape index (κ2) is 6.60. The monoisotopic (exact) mass is 344 g/mol. The predicted molar refractivity (Wildman–Crippen MR) is 96.3 cm³/mol. The Hall–Kier alpha value is -2.41. The van der Waals surface area contributed by atoms with Crippen LogP contribution in [-0.4, -0.2) is 29.2 Å². The number of aryl methyl sites for hydroxylation is 2. The predicted octanol–water partition coefficient (Wildman–Crippen LogP) is 3.89. The van der Waals surface area contributed by atoms with Gasteiger partial charge in [-0.1, -0.05) is 0 Å². The molecule has 24 heavy (non-hydrogen) atoms. The van der Waals surface area contributed by atoms with Crippen LogP contribution < -0.4 is 14.8 Å². The fraction of sp³-hybridized carbons (Fsp3) is 0.353. The minimum atomic E-state index is 0.0503. The van der Waals surface area contributed by atoms with Gasteiger partial charge < -0.3 is 14.8 Å². The van der Waals surface area contributed by atoms with Gasteiger partial charge in [0.05, 0.1) is 25.8 Å². The molecular formula is C17H20N4O2S. The summed E-state index contributed by atoms with van der Waals surface area (Å²) in [5, 5.41) is 7.40. The molecule has 0 bridgehead atoms. The lowest BCUT2D eigenvalue weighted by Crippen LogP contribution is -2.09. The van der Waals surface area contributed by atoms with E-state index in [1.165, 1.54) is 0 Å². The van der Waals surface area contributed by atoms with Gasteiger partial charge in [0.15, 0.2) is 11.5 Å². The summed E-state index contributed by atoms with van der Waals surface area (Å²) in [6.45, 7) is 5.94. The Morgan fingerprint density at radius 2 is 1.75 bits per heavy atom. The van der Waals surface area contributed by atoms with Crippen molar-refractivity contribution >= 4 is 28.1 Å². The van der Waals surface area contributed by atoms with Crippen LogP contribution in [0.15, 0.2) is 17.5 Å². The molecule has 0 saturated carbocycles. The first-order valence-corrected chi connectivity index (χ1v) is 8.48. The Morgan fingerprint density at radius 3 is 2.38 bits per heavy atom. The summed E-state index contributed by atoms with van der Waals surface area (Å²) < 4.78 is 10.8. The lowest BCUT2D eigenvalue weighted by molar-refractivity contribution is 0.356. The molecule has 0 radical (unpaired) electrons. The number of hydrogen-bond donors (Lipinski definition) is 1. The Bertz CT molecular complexity index is 878. The molecule has 126 valence electrons. The third-order valence-electron chi connectivity index (χ3n) is 3.67. The van der Waals surface area contributed by atoms with Gasteiger partial charge >= 0.3 is 0 Å². The summed E-state index contributed by atoms with van der Waals surface area (Å²) in [4.78, 5) is 13.6. The summed E-state index contributed by atoms with van der Waals surface area (Å²) >= 11 is 1.64. The molecule has 1 unspecified atom stereocenters. The van der Waals surface area contributed by atoms with Crippen LogP contribution in [0.5, 0.6) is 11.5 Å². The lowest BCUT2D eigenvalue weighted by atomic mass is 10.2. The highest BCUT2D eigenvalue weighted by atomic mass is 32.1. The second-order valence-electron chi connectivity index (χ2n) is 5.54. The summed E-state index contributed by atoms with van der Waals surface area (Å²) in [6.07, 6.45) is 0. The van der Waals surface area contributed by atoms with E-state index in [1.807, 2.05) is 31.4 Å². The van der Waals surface area contributed by atoms with Crippen molar-refractivity contribution in [2.45, 2.75) is 26.8 Å². The molecular weight excluding hydrogens is 324 g/mol. The summed E-state index contributed by atoms with van der Waals surface area (Å²) in [6, 6.07) is 3.82. The number of anilines is 1. The number of benzene rings is 1. The molecule has 2 aromatic heterocycles. The summed E-state index contributed by atoms with van der Waals surface area (Å²) in [5.41, 5.74) is 1.84. The van der Waals surface area contributed by atoms with Crippen LogP contribution in [0.3, 0.4) is 0 Å². The van der Waals surface area contributed by atoms with Crippen LogP contribution >= 0.6 is 11.3 Å². The maximum absolute atomic E-state index is 5.40. The number of ether oxygens (including phenoxy) is 2. The summed E-state index contributed by atoms with van der Waals surface area (Å²) in [5.74, 6) is 2.76. The minimum absolute atomic E-state index is 0.0503. The van der Waals surface area contributed by atoms with Crippen molar-refractivity contribution in [1.29, 1.82) is 0 Å². The van der Waals surface area contributed by atoms with Gasteiger partial charge in [0.25, 0.3) is 0 Å². The van der Waals surface area contributed by atoms with Crippen LogP contribution in [0, 0.1) is 13.8 Å². The van der Waals surface area contributed by atoms with Gasteiger partial charge in [0.1, 0.15) is 16.6 Å². The number of aromatic nitrogens is 3. The van der Waals surface area contributed by atoms with E-state index in [2.05, 4.69) is 27.2 Å². The van der Waals surface area contributed by atoms with Crippen molar-refractivity contribution < 1.29 is 9.47 Å². The van der Waals surface area contributed by atoms with Crippen LogP contribution in [0.25, 0.3) is 10.9 Å². The maximum atomic E-state index is 5.40. The number of nitrogens with one attached hydrogen (secondary N) is 1. The average Bonchev–Trinajstić information content (AvgIpc) is 3.00. The smallest absolute Gasteiger partial charge is 0.162 e. The molecule has 2 heterocycles. The van der Waals surface area contributed by atoms with E-state index in [0.29, 0.717) is 17.3 Å². The van der Waals surface area contributed by atoms with Crippen molar-refractivity contribution in [3.05, 3.63) is 34.0 Å². The molecule has 0 spiro atoms. The van der Waals surface area contributed by atoms with Crippen LogP contribution in [0.2, 0.25) is 0 Å². The van der Waals surface area contributed by atoms with Crippen LogP contribution in [0.1, 0.15) is 29.5 Å². The molecule has 3 rings (SSSR count). The third kappa shape index (κ3) is 3.12. The van der Waals surface area contributed by atoms with Gasteiger partial charge in [-0.25, -0.2) is 15.0 Å². The number of rotatable bonds is 5. The topological polar surface area (TPSA) is 69.2 Å². The lowest BCUT2D eigenvalue weighted by Gasteiger charge is -2.16. The first kappa shape index (κ1) is 16.4. The Morgan fingerprint density at radius 1 is 1.04 bits per heavy atom.